The van der Waals surface area contributed by atoms with Gasteiger partial charge in [0.15, 0.2) is 0 Å². The Morgan fingerprint density at radius 3 is 2.73 bits per heavy atom. The summed E-state index contributed by atoms with van der Waals surface area (Å²) in [6, 6.07) is 0. The normalized spacial score (nSPS) is 19.8. The van der Waals surface area contributed by atoms with Crippen LogP contribution in [0.5, 0.6) is 0 Å². The van der Waals surface area contributed by atoms with Crippen LogP contribution in [0.1, 0.15) is 37.1 Å². The molecule has 0 spiro atoms. The average Bonchev–Trinajstić information content (AvgIpc) is 2.83. The first-order valence-electron chi connectivity index (χ1n) is 5.28. The maximum Gasteiger partial charge on any atom is 0.318 e. The van der Waals surface area contributed by atoms with Gasteiger partial charge in [0, 0.05) is 11.6 Å². The van der Waals surface area contributed by atoms with Crippen molar-refractivity contribution in [3.8, 4) is 0 Å². The molecule has 1 fully saturated rings. The number of hydrogen-bond donors (Lipinski definition) is 0. The molecule has 0 aliphatic heterocycles. The van der Waals surface area contributed by atoms with E-state index in [1.54, 1.807) is 17.5 Å². The maximum atomic E-state index is 11.9. The van der Waals surface area contributed by atoms with E-state index in [-0.39, 0.29) is 5.97 Å². The van der Waals surface area contributed by atoms with E-state index in [4.69, 9.17) is 4.74 Å². The lowest BCUT2D eigenvalue weighted by molar-refractivity contribution is -0.149. The Balaban J connectivity index is 2.34. The van der Waals surface area contributed by atoms with Crippen molar-refractivity contribution in [1.29, 1.82) is 0 Å². The van der Waals surface area contributed by atoms with Crippen LogP contribution in [0.25, 0.3) is 0 Å². The third-order valence-corrected chi connectivity index (χ3v) is 4.10. The van der Waals surface area contributed by atoms with E-state index >= 15 is 0 Å². The molecule has 2 rings (SSSR count). The van der Waals surface area contributed by atoms with Gasteiger partial charge >= 0.3 is 5.97 Å². The number of aromatic nitrogens is 1. The van der Waals surface area contributed by atoms with Crippen LogP contribution in [0.3, 0.4) is 0 Å². The van der Waals surface area contributed by atoms with Crippen molar-refractivity contribution in [3.05, 3.63) is 16.6 Å². The van der Waals surface area contributed by atoms with Crippen molar-refractivity contribution in [2.45, 2.75) is 37.5 Å². The molecule has 82 valence electrons. The van der Waals surface area contributed by atoms with E-state index < -0.39 is 5.41 Å². The SMILES string of the molecule is COC(=O)C1(c2nccs2)CCCCC1. The standard InChI is InChI=1S/C11H15NO2S/c1-14-10(13)11(5-3-2-4-6-11)9-12-7-8-15-9/h7-8H,2-6H2,1H3. The molecule has 0 saturated heterocycles. The fraction of sp³-hybridized carbons (Fsp3) is 0.636. The summed E-state index contributed by atoms with van der Waals surface area (Å²) < 4.78 is 4.94. The lowest BCUT2D eigenvalue weighted by Gasteiger charge is -2.32. The number of thiazole rings is 1. The van der Waals surface area contributed by atoms with Crippen LogP contribution in [0.15, 0.2) is 11.6 Å². The van der Waals surface area contributed by atoms with E-state index in [0.29, 0.717) is 0 Å². The van der Waals surface area contributed by atoms with Crippen LogP contribution in [-0.4, -0.2) is 18.1 Å². The van der Waals surface area contributed by atoms with E-state index in [9.17, 15) is 4.79 Å². The highest BCUT2D eigenvalue weighted by atomic mass is 32.1. The Labute approximate surface area is 93.5 Å². The minimum Gasteiger partial charge on any atom is -0.468 e. The molecule has 1 aliphatic carbocycles. The van der Waals surface area contributed by atoms with Gasteiger partial charge in [0.25, 0.3) is 0 Å². The molecule has 3 nitrogen and oxygen atoms in total. The quantitative estimate of drug-likeness (QED) is 0.726. The van der Waals surface area contributed by atoms with E-state index in [1.165, 1.54) is 13.5 Å². The molecule has 4 heteroatoms. The second-order valence-electron chi connectivity index (χ2n) is 3.97. The van der Waals surface area contributed by atoms with Gasteiger partial charge in [0.05, 0.1) is 7.11 Å². The molecular formula is C11H15NO2S. The van der Waals surface area contributed by atoms with Gasteiger partial charge < -0.3 is 4.74 Å². The third-order valence-electron chi connectivity index (χ3n) is 3.12. The molecule has 0 atom stereocenters. The van der Waals surface area contributed by atoms with Crippen LogP contribution in [0.2, 0.25) is 0 Å². The van der Waals surface area contributed by atoms with Gasteiger partial charge in [-0.2, -0.15) is 0 Å². The molecule has 0 aromatic carbocycles. The summed E-state index contributed by atoms with van der Waals surface area (Å²) in [4.78, 5) is 16.2. The maximum absolute atomic E-state index is 11.9. The van der Waals surface area contributed by atoms with Crippen LogP contribution in [-0.2, 0) is 14.9 Å². The summed E-state index contributed by atoms with van der Waals surface area (Å²) in [6.45, 7) is 0. The lowest BCUT2D eigenvalue weighted by atomic mass is 9.74. The molecule has 0 radical (unpaired) electrons. The van der Waals surface area contributed by atoms with Crippen LogP contribution < -0.4 is 0 Å². The van der Waals surface area contributed by atoms with Crippen molar-refractivity contribution >= 4 is 17.3 Å². The number of hydrogen-bond acceptors (Lipinski definition) is 4. The topological polar surface area (TPSA) is 39.2 Å². The van der Waals surface area contributed by atoms with Gasteiger partial charge in [-0.15, -0.1) is 11.3 Å². The molecule has 1 aromatic rings. The summed E-state index contributed by atoms with van der Waals surface area (Å²) in [5.41, 5.74) is -0.443. The van der Waals surface area contributed by atoms with Gasteiger partial charge in [-0.1, -0.05) is 19.3 Å². The number of carbonyl (C=O) groups excluding carboxylic acids is 1. The average molecular weight is 225 g/mol. The largest absolute Gasteiger partial charge is 0.468 e. The Bertz CT molecular complexity index is 328. The Morgan fingerprint density at radius 1 is 1.47 bits per heavy atom. The first-order valence-corrected chi connectivity index (χ1v) is 6.16. The molecule has 0 amide bonds. The first kappa shape index (κ1) is 10.6. The fourth-order valence-corrected chi connectivity index (χ4v) is 3.20. The number of nitrogens with zero attached hydrogens (tertiary/aromatic N) is 1. The highest BCUT2D eigenvalue weighted by molar-refractivity contribution is 7.09. The number of ether oxygens (including phenoxy) is 1. The summed E-state index contributed by atoms with van der Waals surface area (Å²) in [6.07, 6.45) is 6.92. The first-order chi connectivity index (χ1) is 7.29. The smallest absolute Gasteiger partial charge is 0.318 e. The Morgan fingerprint density at radius 2 is 2.20 bits per heavy atom. The van der Waals surface area contributed by atoms with Crippen LogP contribution in [0, 0.1) is 0 Å². The molecule has 0 N–H and O–H groups in total. The van der Waals surface area contributed by atoms with Crippen LogP contribution in [0.4, 0.5) is 0 Å². The van der Waals surface area contributed by atoms with Gasteiger partial charge in [-0.05, 0) is 12.8 Å². The minimum absolute atomic E-state index is 0.114. The highest BCUT2D eigenvalue weighted by Crippen LogP contribution is 2.41. The summed E-state index contributed by atoms with van der Waals surface area (Å²) in [7, 11) is 1.46. The number of carbonyl (C=O) groups is 1. The van der Waals surface area contributed by atoms with Crippen molar-refractivity contribution in [3.63, 3.8) is 0 Å². The molecular weight excluding hydrogens is 210 g/mol. The third kappa shape index (κ3) is 1.78. The Kier molecular flexibility index (Phi) is 3.05. The Hall–Kier alpha value is -0.900. The zero-order valence-electron chi connectivity index (χ0n) is 8.86. The molecule has 1 saturated carbocycles. The number of rotatable bonds is 2. The van der Waals surface area contributed by atoms with E-state index in [2.05, 4.69) is 4.98 Å². The fourth-order valence-electron chi connectivity index (χ4n) is 2.32. The summed E-state index contributed by atoms with van der Waals surface area (Å²) >= 11 is 1.56. The van der Waals surface area contributed by atoms with Crippen molar-refractivity contribution in [2.24, 2.45) is 0 Å². The lowest BCUT2D eigenvalue weighted by Crippen LogP contribution is -2.38. The van der Waals surface area contributed by atoms with E-state index in [1.807, 2.05) is 5.38 Å². The summed E-state index contributed by atoms with van der Waals surface area (Å²) in [5, 5.41) is 2.85. The number of methoxy groups -OCH3 is 1. The second kappa shape index (κ2) is 4.31. The van der Waals surface area contributed by atoms with Gasteiger partial charge in [0.2, 0.25) is 0 Å². The zero-order valence-corrected chi connectivity index (χ0v) is 9.68. The van der Waals surface area contributed by atoms with Gasteiger partial charge in [-0.3, -0.25) is 4.79 Å². The molecule has 0 bridgehead atoms. The van der Waals surface area contributed by atoms with Gasteiger partial charge in [0.1, 0.15) is 10.4 Å². The van der Waals surface area contributed by atoms with Gasteiger partial charge in [-0.25, -0.2) is 4.98 Å². The zero-order chi connectivity index (χ0) is 10.7. The monoisotopic (exact) mass is 225 g/mol. The predicted octanol–water partition coefficient (Wildman–Crippen LogP) is 2.52. The van der Waals surface area contributed by atoms with E-state index in [0.717, 1.165) is 30.7 Å². The molecule has 1 aliphatic rings. The molecule has 0 unspecified atom stereocenters. The number of esters is 1. The van der Waals surface area contributed by atoms with Crippen molar-refractivity contribution in [1.82, 2.24) is 4.98 Å². The second-order valence-corrected chi connectivity index (χ2v) is 4.87. The summed E-state index contributed by atoms with van der Waals surface area (Å²) in [5.74, 6) is -0.114. The molecule has 1 heterocycles. The molecule has 15 heavy (non-hydrogen) atoms. The van der Waals surface area contributed by atoms with Crippen LogP contribution >= 0.6 is 11.3 Å². The van der Waals surface area contributed by atoms with Crippen molar-refractivity contribution < 1.29 is 9.53 Å². The minimum atomic E-state index is -0.443. The predicted molar refractivity (Wildman–Crippen MR) is 58.9 cm³/mol. The van der Waals surface area contributed by atoms with Crippen molar-refractivity contribution in [2.75, 3.05) is 7.11 Å². The molecule has 1 aromatic heterocycles. The highest BCUT2D eigenvalue weighted by Gasteiger charge is 2.44.